The van der Waals surface area contributed by atoms with E-state index in [0.29, 0.717) is 23.3 Å². The van der Waals surface area contributed by atoms with Crippen molar-refractivity contribution in [1.82, 2.24) is 9.97 Å². The number of hydrogen-bond donors (Lipinski definition) is 2. The minimum Gasteiger partial charge on any atom is -0.494 e. The Kier molecular flexibility index (Phi) is 3.27. The first-order chi connectivity index (χ1) is 8.20. The van der Waals surface area contributed by atoms with Crippen molar-refractivity contribution in [2.75, 3.05) is 6.61 Å². The molecule has 2 N–H and O–H groups in total. The summed E-state index contributed by atoms with van der Waals surface area (Å²) in [6.07, 6.45) is 2.03. The van der Waals surface area contributed by atoms with E-state index in [1.807, 2.05) is 0 Å². The third-order valence-electron chi connectivity index (χ3n) is 2.48. The van der Waals surface area contributed by atoms with E-state index < -0.39 is 11.2 Å². The van der Waals surface area contributed by atoms with Crippen molar-refractivity contribution in [3.63, 3.8) is 0 Å². The van der Waals surface area contributed by atoms with Gasteiger partial charge in [0.15, 0.2) is 0 Å². The van der Waals surface area contributed by atoms with Gasteiger partial charge in [-0.15, -0.1) is 0 Å². The lowest BCUT2D eigenvalue weighted by Crippen LogP contribution is -2.21. The van der Waals surface area contributed by atoms with E-state index in [1.165, 1.54) is 0 Å². The van der Waals surface area contributed by atoms with E-state index in [2.05, 4.69) is 16.9 Å². The molecule has 0 amide bonds. The van der Waals surface area contributed by atoms with Crippen molar-refractivity contribution in [2.24, 2.45) is 0 Å². The van der Waals surface area contributed by atoms with Gasteiger partial charge in [-0.2, -0.15) is 0 Å². The number of hydrogen-bond acceptors (Lipinski definition) is 3. The minimum atomic E-state index is -0.498. The molecule has 0 fully saturated rings. The first-order valence-electron chi connectivity index (χ1n) is 5.60. The molecule has 0 unspecified atom stereocenters. The zero-order valence-corrected chi connectivity index (χ0v) is 9.58. The van der Waals surface area contributed by atoms with Gasteiger partial charge in [0.2, 0.25) is 0 Å². The van der Waals surface area contributed by atoms with Crippen LogP contribution >= 0.6 is 0 Å². The molecule has 0 aliphatic heterocycles. The molecule has 1 aromatic carbocycles. The van der Waals surface area contributed by atoms with Crippen LogP contribution in [0.3, 0.4) is 0 Å². The average molecular weight is 234 g/mol. The fourth-order valence-corrected chi connectivity index (χ4v) is 1.57. The molecule has 0 saturated carbocycles. The Hall–Kier alpha value is -2.04. The fourth-order valence-electron chi connectivity index (χ4n) is 1.57. The van der Waals surface area contributed by atoms with Gasteiger partial charge < -0.3 is 9.72 Å². The van der Waals surface area contributed by atoms with E-state index in [9.17, 15) is 9.59 Å². The molecule has 2 aromatic rings. The highest BCUT2D eigenvalue weighted by Crippen LogP contribution is 2.15. The van der Waals surface area contributed by atoms with Gasteiger partial charge in [-0.25, -0.2) is 4.79 Å². The van der Waals surface area contributed by atoms with Crippen LogP contribution in [0.5, 0.6) is 5.75 Å². The van der Waals surface area contributed by atoms with Gasteiger partial charge in [0, 0.05) is 0 Å². The van der Waals surface area contributed by atoms with Crippen molar-refractivity contribution < 1.29 is 4.74 Å². The molecule has 1 heterocycles. The smallest absolute Gasteiger partial charge is 0.326 e. The molecule has 2 rings (SSSR count). The number of fused-ring (bicyclic) bond motifs is 1. The molecule has 5 nitrogen and oxygen atoms in total. The van der Waals surface area contributed by atoms with Crippen LogP contribution in [0.25, 0.3) is 10.9 Å². The summed E-state index contributed by atoms with van der Waals surface area (Å²) < 4.78 is 5.49. The Morgan fingerprint density at radius 1 is 1.24 bits per heavy atom. The molecule has 0 atom stereocenters. The van der Waals surface area contributed by atoms with E-state index >= 15 is 0 Å². The minimum absolute atomic E-state index is 0.398. The van der Waals surface area contributed by atoms with Gasteiger partial charge in [0.05, 0.1) is 17.5 Å². The lowest BCUT2D eigenvalue weighted by molar-refractivity contribution is 0.310. The van der Waals surface area contributed by atoms with Gasteiger partial charge >= 0.3 is 5.69 Å². The number of H-pyrrole nitrogens is 2. The van der Waals surface area contributed by atoms with Crippen LogP contribution in [0, 0.1) is 0 Å². The van der Waals surface area contributed by atoms with Crippen LogP contribution in [-0.2, 0) is 0 Å². The standard InChI is InChI=1S/C12H14N2O3/c1-2-3-6-17-8-4-5-10-9(7-8)11(15)14-12(16)13-10/h4-5,7H,2-3,6H2,1H3,(H2,13,14,15,16). The normalized spacial score (nSPS) is 10.6. The van der Waals surface area contributed by atoms with Crippen molar-refractivity contribution in [3.05, 3.63) is 39.0 Å². The molecule has 1 aromatic heterocycles. The van der Waals surface area contributed by atoms with Gasteiger partial charge in [-0.05, 0) is 24.6 Å². The Balaban J connectivity index is 2.37. The second-order valence-corrected chi connectivity index (χ2v) is 3.82. The van der Waals surface area contributed by atoms with Crippen molar-refractivity contribution in [2.45, 2.75) is 19.8 Å². The van der Waals surface area contributed by atoms with E-state index in [4.69, 9.17) is 4.74 Å². The third kappa shape index (κ3) is 2.55. The summed E-state index contributed by atoms with van der Waals surface area (Å²) in [5, 5.41) is 0.429. The van der Waals surface area contributed by atoms with Gasteiger partial charge in [-0.3, -0.25) is 9.78 Å². The first-order valence-corrected chi connectivity index (χ1v) is 5.60. The highest BCUT2D eigenvalue weighted by molar-refractivity contribution is 5.78. The molecule has 0 spiro atoms. The molecule has 0 bridgehead atoms. The summed E-state index contributed by atoms with van der Waals surface area (Å²) in [6.45, 7) is 2.71. The molecular formula is C12H14N2O3. The molecule has 17 heavy (non-hydrogen) atoms. The predicted molar refractivity (Wildman–Crippen MR) is 65.6 cm³/mol. The average Bonchev–Trinajstić information content (AvgIpc) is 2.30. The Labute approximate surface area is 97.4 Å². The monoisotopic (exact) mass is 234 g/mol. The maximum absolute atomic E-state index is 11.6. The largest absolute Gasteiger partial charge is 0.494 e. The summed E-state index contributed by atoms with van der Waals surface area (Å²) in [4.78, 5) is 27.4. The first kappa shape index (κ1) is 11.4. The summed E-state index contributed by atoms with van der Waals surface area (Å²) in [5.41, 5.74) is -0.381. The van der Waals surface area contributed by atoms with Crippen LogP contribution in [0.15, 0.2) is 27.8 Å². The SMILES string of the molecule is CCCCOc1ccc2[nH]c(=O)[nH]c(=O)c2c1. The number of ether oxygens (including phenoxy) is 1. The van der Waals surface area contributed by atoms with E-state index in [-0.39, 0.29) is 0 Å². The second-order valence-electron chi connectivity index (χ2n) is 3.82. The van der Waals surface area contributed by atoms with Crippen molar-refractivity contribution in [3.8, 4) is 5.75 Å². The number of aromatic nitrogens is 2. The highest BCUT2D eigenvalue weighted by Gasteiger charge is 2.02. The number of rotatable bonds is 4. The predicted octanol–water partition coefficient (Wildman–Crippen LogP) is 1.40. The van der Waals surface area contributed by atoms with Gasteiger partial charge in [0.25, 0.3) is 5.56 Å². The molecule has 5 heteroatoms. The summed E-state index contributed by atoms with van der Waals surface area (Å²) in [7, 11) is 0. The number of benzene rings is 1. The lowest BCUT2D eigenvalue weighted by Gasteiger charge is -2.05. The summed E-state index contributed by atoms with van der Waals surface area (Å²) in [5.74, 6) is 0.642. The third-order valence-corrected chi connectivity index (χ3v) is 2.48. The topological polar surface area (TPSA) is 75.0 Å². The van der Waals surface area contributed by atoms with Gasteiger partial charge in [-0.1, -0.05) is 13.3 Å². The number of aromatic amines is 2. The Morgan fingerprint density at radius 3 is 2.82 bits per heavy atom. The maximum atomic E-state index is 11.6. The van der Waals surface area contributed by atoms with E-state index in [1.54, 1.807) is 18.2 Å². The summed E-state index contributed by atoms with van der Waals surface area (Å²) in [6, 6.07) is 5.06. The maximum Gasteiger partial charge on any atom is 0.326 e. The highest BCUT2D eigenvalue weighted by atomic mass is 16.5. The number of nitrogens with one attached hydrogen (secondary N) is 2. The molecular weight excluding hydrogens is 220 g/mol. The molecule has 0 saturated heterocycles. The van der Waals surface area contributed by atoms with Gasteiger partial charge in [0.1, 0.15) is 5.75 Å². The number of unbranched alkanes of at least 4 members (excludes halogenated alkanes) is 1. The molecule has 90 valence electrons. The Bertz CT molecular complexity index is 627. The lowest BCUT2D eigenvalue weighted by atomic mass is 10.2. The van der Waals surface area contributed by atoms with Crippen LogP contribution < -0.4 is 16.0 Å². The molecule has 0 radical (unpaired) electrons. The van der Waals surface area contributed by atoms with Crippen molar-refractivity contribution >= 4 is 10.9 Å². The summed E-state index contributed by atoms with van der Waals surface area (Å²) >= 11 is 0. The van der Waals surface area contributed by atoms with E-state index in [0.717, 1.165) is 12.8 Å². The second kappa shape index (κ2) is 4.86. The van der Waals surface area contributed by atoms with Crippen LogP contribution in [-0.4, -0.2) is 16.6 Å². The van der Waals surface area contributed by atoms with Crippen LogP contribution in [0.2, 0.25) is 0 Å². The molecule has 0 aliphatic carbocycles. The zero-order chi connectivity index (χ0) is 12.3. The van der Waals surface area contributed by atoms with Crippen LogP contribution in [0.1, 0.15) is 19.8 Å². The van der Waals surface area contributed by atoms with Crippen LogP contribution in [0.4, 0.5) is 0 Å². The quantitative estimate of drug-likeness (QED) is 0.785. The zero-order valence-electron chi connectivity index (χ0n) is 9.58. The fraction of sp³-hybridized carbons (Fsp3) is 0.333. The molecule has 0 aliphatic rings. The Morgan fingerprint density at radius 2 is 2.06 bits per heavy atom. The van der Waals surface area contributed by atoms with Crippen molar-refractivity contribution in [1.29, 1.82) is 0 Å².